The van der Waals surface area contributed by atoms with Crippen molar-refractivity contribution in [1.82, 2.24) is 9.47 Å². The van der Waals surface area contributed by atoms with E-state index in [1.807, 2.05) is 6.07 Å². The lowest BCUT2D eigenvalue weighted by molar-refractivity contribution is 0.245. The molecule has 1 aromatic heterocycles. The van der Waals surface area contributed by atoms with Gasteiger partial charge in [0.15, 0.2) is 0 Å². The van der Waals surface area contributed by atoms with Gasteiger partial charge in [0.2, 0.25) is 0 Å². The van der Waals surface area contributed by atoms with Crippen LogP contribution in [0, 0.1) is 11.3 Å². The van der Waals surface area contributed by atoms with Crippen LogP contribution in [-0.2, 0) is 7.05 Å². The molecule has 0 amide bonds. The lowest BCUT2D eigenvalue weighted by atomic mass is 9.96. The summed E-state index contributed by atoms with van der Waals surface area (Å²) in [6.45, 7) is 2.59. The Morgan fingerprint density at radius 3 is 2.77 bits per heavy atom. The normalized spacial score (nSPS) is 25.8. The number of likely N-dealkylation sites (tertiary alicyclic amines) is 1. The van der Waals surface area contributed by atoms with Gasteiger partial charge in [-0.25, -0.2) is 0 Å². The molecular formula is C19H23N3. The zero-order chi connectivity index (χ0) is 15.1. The zero-order valence-electron chi connectivity index (χ0n) is 13.3. The summed E-state index contributed by atoms with van der Waals surface area (Å²) in [5, 5.41) is 10.5. The van der Waals surface area contributed by atoms with E-state index < -0.39 is 0 Å². The molecule has 3 nitrogen and oxygen atoms in total. The first kappa shape index (κ1) is 13.8. The van der Waals surface area contributed by atoms with Crippen molar-refractivity contribution in [2.45, 2.75) is 44.1 Å². The molecule has 1 aromatic carbocycles. The number of nitriles is 1. The fourth-order valence-corrected chi connectivity index (χ4v) is 4.50. The highest BCUT2D eigenvalue weighted by Gasteiger charge is 2.32. The molecule has 0 N–H and O–H groups in total. The molecule has 1 aliphatic heterocycles. The van der Waals surface area contributed by atoms with Gasteiger partial charge in [0.1, 0.15) is 0 Å². The molecule has 2 aliphatic rings. The van der Waals surface area contributed by atoms with Crippen LogP contribution in [-0.4, -0.2) is 28.6 Å². The van der Waals surface area contributed by atoms with Crippen molar-refractivity contribution in [2.24, 2.45) is 7.05 Å². The van der Waals surface area contributed by atoms with Gasteiger partial charge in [-0.3, -0.25) is 0 Å². The largest absolute Gasteiger partial charge is 0.350 e. The lowest BCUT2D eigenvalue weighted by Gasteiger charge is -2.23. The van der Waals surface area contributed by atoms with E-state index in [9.17, 15) is 5.26 Å². The topological polar surface area (TPSA) is 32.0 Å². The van der Waals surface area contributed by atoms with E-state index in [1.165, 1.54) is 61.7 Å². The SMILES string of the molecule is Cn1cc(C2CCC(N3CCCC3)C2)c2cc(C#N)ccc21. The number of hydrogen-bond acceptors (Lipinski definition) is 2. The van der Waals surface area contributed by atoms with E-state index in [-0.39, 0.29) is 0 Å². The van der Waals surface area contributed by atoms with E-state index in [2.05, 4.69) is 40.9 Å². The molecule has 2 heterocycles. The second kappa shape index (κ2) is 5.44. The number of aromatic nitrogens is 1. The molecule has 2 aromatic rings. The maximum Gasteiger partial charge on any atom is 0.0991 e. The van der Waals surface area contributed by atoms with E-state index in [1.54, 1.807) is 0 Å². The number of rotatable bonds is 2. The molecule has 2 unspecified atom stereocenters. The Labute approximate surface area is 132 Å². The third kappa shape index (κ3) is 2.23. The minimum atomic E-state index is 0.656. The third-order valence-corrected chi connectivity index (χ3v) is 5.65. The average molecular weight is 293 g/mol. The van der Waals surface area contributed by atoms with Crippen LogP contribution < -0.4 is 0 Å². The monoisotopic (exact) mass is 293 g/mol. The first-order valence-electron chi connectivity index (χ1n) is 8.49. The molecule has 4 rings (SSSR count). The van der Waals surface area contributed by atoms with Gasteiger partial charge in [-0.1, -0.05) is 0 Å². The van der Waals surface area contributed by atoms with Gasteiger partial charge in [0.25, 0.3) is 0 Å². The van der Waals surface area contributed by atoms with Gasteiger partial charge in [0, 0.05) is 30.2 Å². The van der Waals surface area contributed by atoms with Crippen molar-refractivity contribution in [1.29, 1.82) is 5.26 Å². The maximum atomic E-state index is 9.18. The smallest absolute Gasteiger partial charge is 0.0991 e. The molecule has 1 aliphatic carbocycles. The van der Waals surface area contributed by atoms with Crippen molar-refractivity contribution < 1.29 is 0 Å². The molecular weight excluding hydrogens is 270 g/mol. The number of benzene rings is 1. The first-order valence-corrected chi connectivity index (χ1v) is 8.49. The lowest BCUT2D eigenvalue weighted by Crippen LogP contribution is -2.30. The van der Waals surface area contributed by atoms with Crippen LogP contribution >= 0.6 is 0 Å². The van der Waals surface area contributed by atoms with Gasteiger partial charge in [-0.05, 0) is 74.9 Å². The highest BCUT2D eigenvalue weighted by atomic mass is 15.2. The molecule has 0 radical (unpaired) electrons. The molecule has 3 heteroatoms. The van der Waals surface area contributed by atoms with Crippen molar-refractivity contribution in [3.05, 3.63) is 35.5 Å². The van der Waals surface area contributed by atoms with Crippen LogP contribution in [0.5, 0.6) is 0 Å². The van der Waals surface area contributed by atoms with Crippen molar-refractivity contribution in [2.75, 3.05) is 13.1 Å². The van der Waals surface area contributed by atoms with Crippen molar-refractivity contribution >= 4 is 10.9 Å². The number of nitrogens with zero attached hydrogens (tertiary/aromatic N) is 3. The van der Waals surface area contributed by atoms with Crippen LogP contribution in [0.2, 0.25) is 0 Å². The summed E-state index contributed by atoms with van der Waals surface area (Å²) >= 11 is 0. The Kier molecular flexibility index (Phi) is 3.43. The molecule has 1 saturated heterocycles. The Bertz CT molecular complexity index is 731. The molecule has 22 heavy (non-hydrogen) atoms. The Morgan fingerprint density at radius 1 is 1.18 bits per heavy atom. The fraction of sp³-hybridized carbons (Fsp3) is 0.526. The van der Waals surface area contributed by atoms with Gasteiger partial charge in [0.05, 0.1) is 11.6 Å². The highest BCUT2D eigenvalue weighted by molar-refractivity contribution is 5.85. The summed E-state index contributed by atoms with van der Waals surface area (Å²) in [6, 6.07) is 9.15. The molecule has 0 bridgehead atoms. The molecule has 2 atom stereocenters. The Balaban J connectivity index is 1.65. The van der Waals surface area contributed by atoms with E-state index in [0.29, 0.717) is 5.92 Å². The van der Waals surface area contributed by atoms with Crippen LogP contribution in [0.1, 0.15) is 49.1 Å². The third-order valence-electron chi connectivity index (χ3n) is 5.65. The van der Waals surface area contributed by atoms with Crippen LogP contribution in [0.3, 0.4) is 0 Å². The van der Waals surface area contributed by atoms with Gasteiger partial charge >= 0.3 is 0 Å². The van der Waals surface area contributed by atoms with Crippen LogP contribution in [0.15, 0.2) is 24.4 Å². The molecule has 114 valence electrons. The minimum absolute atomic E-state index is 0.656. The zero-order valence-corrected chi connectivity index (χ0v) is 13.3. The quantitative estimate of drug-likeness (QED) is 0.844. The summed E-state index contributed by atoms with van der Waals surface area (Å²) in [7, 11) is 2.12. The predicted octanol–water partition coefficient (Wildman–Crippen LogP) is 3.78. The molecule has 0 spiro atoms. The Hall–Kier alpha value is -1.79. The van der Waals surface area contributed by atoms with E-state index in [0.717, 1.165) is 11.6 Å². The maximum absolute atomic E-state index is 9.18. The molecule has 1 saturated carbocycles. The first-order chi connectivity index (χ1) is 10.8. The average Bonchev–Trinajstić information content (AvgIpc) is 3.26. The summed E-state index contributed by atoms with van der Waals surface area (Å²) in [4.78, 5) is 2.70. The number of hydrogen-bond donors (Lipinski definition) is 0. The summed E-state index contributed by atoms with van der Waals surface area (Å²) in [5.74, 6) is 0.656. The predicted molar refractivity (Wildman–Crippen MR) is 88.8 cm³/mol. The van der Waals surface area contributed by atoms with Crippen molar-refractivity contribution in [3.8, 4) is 6.07 Å². The van der Waals surface area contributed by atoms with E-state index >= 15 is 0 Å². The number of fused-ring (bicyclic) bond motifs is 1. The van der Waals surface area contributed by atoms with Crippen molar-refractivity contribution in [3.63, 3.8) is 0 Å². The summed E-state index contributed by atoms with van der Waals surface area (Å²) in [6.07, 6.45) is 8.96. The van der Waals surface area contributed by atoms with Crippen LogP contribution in [0.4, 0.5) is 0 Å². The summed E-state index contributed by atoms with van der Waals surface area (Å²) in [5.41, 5.74) is 3.48. The van der Waals surface area contributed by atoms with Gasteiger partial charge < -0.3 is 9.47 Å². The van der Waals surface area contributed by atoms with Gasteiger partial charge in [-0.2, -0.15) is 5.26 Å². The van der Waals surface area contributed by atoms with Gasteiger partial charge in [-0.15, -0.1) is 0 Å². The second-order valence-corrected chi connectivity index (χ2v) is 6.95. The minimum Gasteiger partial charge on any atom is -0.350 e. The highest BCUT2D eigenvalue weighted by Crippen LogP contribution is 2.41. The molecule has 2 fully saturated rings. The fourth-order valence-electron chi connectivity index (χ4n) is 4.50. The standard InChI is InChI=1S/C19H23N3/c1-21-13-18(17-10-14(12-20)4-7-19(17)21)15-5-6-16(11-15)22-8-2-3-9-22/h4,7,10,13,15-16H,2-3,5-6,8-9,11H2,1H3. The second-order valence-electron chi connectivity index (χ2n) is 6.95. The van der Waals surface area contributed by atoms with Crippen LogP contribution in [0.25, 0.3) is 10.9 Å². The summed E-state index contributed by atoms with van der Waals surface area (Å²) < 4.78 is 2.22. The Morgan fingerprint density at radius 2 is 2.00 bits per heavy atom. The number of aryl methyl sites for hydroxylation is 1. The van der Waals surface area contributed by atoms with E-state index in [4.69, 9.17) is 0 Å².